The van der Waals surface area contributed by atoms with E-state index in [1.807, 2.05) is 11.0 Å². The largest absolute Gasteiger partial charge is 0.394 e. The van der Waals surface area contributed by atoms with E-state index in [-0.39, 0.29) is 30.6 Å². The standard InChI is InChI=1S/C26H34ClN7O3S/c27-21-19(5-8-29-24(21)33-9-1-2-17(33)13-35)38-20-12-30-23(18(14-36)31-20)32-10-6-26(7-11-32)15-34(16-3-4-16)25(37)22(26)28/h5,8,12,16-17,22,35-36H,1-4,6-7,9-11,13-15,28H2/t17?,22-/m1/s1. The minimum Gasteiger partial charge on any atom is -0.394 e. The Kier molecular flexibility index (Phi) is 7.15. The van der Waals surface area contributed by atoms with E-state index in [1.165, 1.54) is 11.8 Å². The van der Waals surface area contributed by atoms with Gasteiger partial charge >= 0.3 is 0 Å². The molecule has 12 heteroatoms. The fourth-order valence-corrected chi connectivity index (χ4v) is 7.35. The zero-order chi connectivity index (χ0) is 26.4. The van der Waals surface area contributed by atoms with E-state index >= 15 is 0 Å². The molecule has 4 aliphatic rings. The maximum Gasteiger partial charge on any atom is 0.240 e. The van der Waals surface area contributed by atoms with E-state index in [2.05, 4.69) is 14.8 Å². The van der Waals surface area contributed by atoms with Crippen LogP contribution in [0.4, 0.5) is 11.6 Å². The smallest absolute Gasteiger partial charge is 0.240 e. The molecular weight excluding hydrogens is 526 g/mol. The number of rotatable bonds is 7. The molecule has 204 valence electrons. The SMILES string of the molecule is N[C@@H]1C(=O)N(C2CC2)CC12CCN(c1ncc(Sc3ccnc(N4CCCC4CO)c3Cl)nc1CO)CC2. The molecule has 1 aliphatic carbocycles. The van der Waals surface area contributed by atoms with E-state index in [9.17, 15) is 15.0 Å². The van der Waals surface area contributed by atoms with Gasteiger partial charge in [0.1, 0.15) is 16.5 Å². The van der Waals surface area contributed by atoms with Gasteiger partial charge in [0.15, 0.2) is 5.82 Å². The number of nitrogens with two attached hydrogens (primary N) is 1. The molecule has 0 aromatic carbocycles. The van der Waals surface area contributed by atoms with Crippen molar-refractivity contribution in [3.63, 3.8) is 0 Å². The molecule has 2 atom stereocenters. The van der Waals surface area contributed by atoms with Crippen LogP contribution in [0.2, 0.25) is 5.02 Å². The summed E-state index contributed by atoms with van der Waals surface area (Å²) in [6.07, 6.45) is 9.15. The maximum absolute atomic E-state index is 12.8. The highest BCUT2D eigenvalue weighted by molar-refractivity contribution is 7.99. The Morgan fingerprint density at radius 1 is 1.11 bits per heavy atom. The van der Waals surface area contributed by atoms with Gasteiger partial charge in [-0.2, -0.15) is 0 Å². The third-order valence-corrected chi connectivity index (χ3v) is 10.1. The molecule has 3 saturated heterocycles. The van der Waals surface area contributed by atoms with Gasteiger partial charge in [-0.25, -0.2) is 15.0 Å². The van der Waals surface area contributed by atoms with Gasteiger partial charge in [0, 0.05) is 48.7 Å². The number of hydrogen-bond acceptors (Lipinski definition) is 10. The van der Waals surface area contributed by atoms with Gasteiger partial charge in [0.05, 0.1) is 36.5 Å². The Bertz CT molecular complexity index is 1210. The van der Waals surface area contributed by atoms with Crippen molar-refractivity contribution in [2.75, 3.05) is 42.6 Å². The van der Waals surface area contributed by atoms with Gasteiger partial charge in [-0.15, -0.1) is 0 Å². The number of hydrogen-bond donors (Lipinski definition) is 3. The second kappa shape index (κ2) is 10.4. The summed E-state index contributed by atoms with van der Waals surface area (Å²) < 4.78 is 0. The lowest BCUT2D eigenvalue weighted by atomic mass is 9.74. The molecule has 0 radical (unpaired) electrons. The first-order valence-electron chi connectivity index (χ1n) is 13.4. The Labute approximate surface area is 231 Å². The van der Waals surface area contributed by atoms with E-state index < -0.39 is 6.04 Å². The summed E-state index contributed by atoms with van der Waals surface area (Å²) in [4.78, 5) is 33.7. The fraction of sp³-hybridized carbons (Fsp3) is 0.615. The molecule has 5 heterocycles. The predicted molar refractivity (Wildman–Crippen MR) is 145 cm³/mol. The van der Waals surface area contributed by atoms with Gasteiger partial charge in [-0.3, -0.25) is 4.79 Å². The predicted octanol–water partition coefficient (Wildman–Crippen LogP) is 2.05. The summed E-state index contributed by atoms with van der Waals surface area (Å²) in [5.41, 5.74) is 6.78. The van der Waals surface area contributed by atoms with Crippen molar-refractivity contribution in [3.8, 4) is 0 Å². The van der Waals surface area contributed by atoms with Crippen LogP contribution >= 0.6 is 23.4 Å². The highest BCUT2D eigenvalue weighted by atomic mass is 35.5. The monoisotopic (exact) mass is 559 g/mol. The molecule has 1 spiro atoms. The van der Waals surface area contributed by atoms with Crippen LogP contribution in [0.3, 0.4) is 0 Å². The first-order chi connectivity index (χ1) is 18.4. The number of likely N-dealkylation sites (tertiary alicyclic amines) is 1. The summed E-state index contributed by atoms with van der Waals surface area (Å²) in [6.45, 7) is 2.84. The van der Waals surface area contributed by atoms with E-state index in [1.54, 1.807) is 12.4 Å². The number of carbonyl (C=O) groups excluding carboxylic acids is 1. The molecule has 3 aliphatic heterocycles. The number of amides is 1. The summed E-state index contributed by atoms with van der Waals surface area (Å²) in [5.74, 6) is 1.45. The van der Waals surface area contributed by atoms with Crippen LogP contribution in [0.1, 0.15) is 44.2 Å². The van der Waals surface area contributed by atoms with Crippen molar-refractivity contribution in [2.24, 2.45) is 11.1 Å². The fourth-order valence-electron chi connectivity index (χ4n) is 6.22. The number of nitrogens with zero attached hydrogens (tertiary/aromatic N) is 6. The lowest BCUT2D eigenvalue weighted by Crippen LogP contribution is -2.50. The third-order valence-electron chi connectivity index (χ3n) is 8.60. The quantitative estimate of drug-likeness (QED) is 0.463. The number of aliphatic hydroxyl groups excluding tert-OH is 2. The number of carbonyl (C=O) groups is 1. The molecule has 2 aromatic rings. The number of anilines is 2. The highest BCUT2D eigenvalue weighted by Crippen LogP contribution is 2.45. The average molecular weight is 560 g/mol. The summed E-state index contributed by atoms with van der Waals surface area (Å²) >= 11 is 8.13. The number of piperidine rings is 1. The second-order valence-electron chi connectivity index (χ2n) is 10.9. The lowest BCUT2D eigenvalue weighted by molar-refractivity contribution is -0.129. The van der Waals surface area contributed by atoms with Crippen LogP contribution in [0.25, 0.3) is 0 Å². The van der Waals surface area contributed by atoms with E-state index in [4.69, 9.17) is 27.3 Å². The molecule has 10 nitrogen and oxygen atoms in total. The van der Waals surface area contributed by atoms with Crippen LogP contribution in [0, 0.1) is 5.41 Å². The molecule has 1 amide bonds. The first kappa shape index (κ1) is 26.1. The topological polar surface area (TPSA) is 132 Å². The minimum absolute atomic E-state index is 0.0256. The summed E-state index contributed by atoms with van der Waals surface area (Å²) in [5, 5.41) is 21.0. The van der Waals surface area contributed by atoms with Crippen molar-refractivity contribution in [3.05, 3.63) is 29.2 Å². The lowest BCUT2D eigenvalue weighted by Gasteiger charge is -2.41. The molecule has 6 rings (SSSR count). The van der Waals surface area contributed by atoms with Crippen LogP contribution in [0.5, 0.6) is 0 Å². The van der Waals surface area contributed by atoms with Gasteiger partial charge in [0.25, 0.3) is 0 Å². The first-order valence-corrected chi connectivity index (χ1v) is 14.6. The van der Waals surface area contributed by atoms with Crippen LogP contribution in [-0.2, 0) is 11.4 Å². The second-order valence-corrected chi connectivity index (χ2v) is 12.3. The normalized spacial score (nSPS) is 25.2. The van der Waals surface area contributed by atoms with Crippen molar-refractivity contribution in [1.29, 1.82) is 0 Å². The molecule has 4 N–H and O–H groups in total. The molecule has 2 aromatic heterocycles. The molecule has 1 saturated carbocycles. The zero-order valence-corrected chi connectivity index (χ0v) is 22.9. The van der Waals surface area contributed by atoms with Gasteiger partial charge in [-0.05, 0) is 44.6 Å². The van der Waals surface area contributed by atoms with Crippen LogP contribution in [0.15, 0.2) is 28.4 Å². The molecule has 0 bridgehead atoms. The minimum atomic E-state index is -0.435. The van der Waals surface area contributed by atoms with Gasteiger partial charge < -0.3 is 30.6 Å². The molecule has 38 heavy (non-hydrogen) atoms. The highest BCUT2D eigenvalue weighted by Gasteiger charge is 2.54. The van der Waals surface area contributed by atoms with E-state index in [0.717, 1.165) is 69.6 Å². The molecular formula is C26H34ClN7O3S. The van der Waals surface area contributed by atoms with Gasteiger partial charge in [0.2, 0.25) is 5.91 Å². The zero-order valence-electron chi connectivity index (χ0n) is 21.3. The Balaban J connectivity index is 1.16. The molecule has 1 unspecified atom stereocenters. The maximum atomic E-state index is 12.8. The Morgan fingerprint density at radius 3 is 2.61 bits per heavy atom. The van der Waals surface area contributed by atoms with Crippen LogP contribution < -0.4 is 15.5 Å². The summed E-state index contributed by atoms with van der Waals surface area (Å²) in [6, 6.07) is 1.82. The van der Waals surface area contributed by atoms with Crippen molar-refractivity contribution in [1.82, 2.24) is 19.9 Å². The van der Waals surface area contributed by atoms with Gasteiger partial charge in [-0.1, -0.05) is 23.4 Å². The number of aliphatic hydroxyl groups is 2. The average Bonchev–Trinajstić information content (AvgIpc) is 3.63. The van der Waals surface area contributed by atoms with Crippen molar-refractivity contribution >= 4 is 40.9 Å². The molecule has 4 fully saturated rings. The number of pyridine rings is 1. The van der Waals surface area contributed by atoms with E-state index in [0.29, 0.717) is 33.4 Å². The van der Waals surface area contributed by atoms with Crippen molar-refractivity contribution < 1.29 is 15.0 Å². The third kappa shape index (κ3) is 4.62. The van der Waals surface area contributed by atoms with Crippen molar-refractivity contribution in [2.45, 2.75) is 73.2 Å². The number of aromatic nitrogens is 3. The Hall–Kier alpha value is -2.18. The Morgan fingerprint density at radius 2 is 1.89 bits per heavy atom. The van der Waals surface area contributed by atoms with Crippen LogP contribution in [-0.4, -0.2) is 86.9 Å². The summed E-state index contributed by atoms with van der Waals surface area (Å²) in [7, 11) is 0. The number of halogens is 1.